The summed E-state index contributed by atoms with van der Waals surface area (Å²) in [6, 6.07) is 13.2. The average Bonchev–Trinajstić information content (AvgIpc) is 2.55. The molecule has 0 fully saturated rings. The molecule has 2 aromatic carbocycles. The van der Waals surface area contributed by atoms with Crippen LogP contribution in [0.4, 0.5) is 5.69 Å². The van der Waals surface area contributed by atoms with E-state index < -0.39 is 0 Å². The molecule has 0 bridgehead atoms. The Balaban J connectivity index is 2.05. The van der Waals surface area contributed by atoms with E-state index in [0.717, 1.165) is 17.0 Å². The van der Waals surface area contributed by atoms with E-state index in [0.29, 0.717) is 15.9 Å². The molecule has 23 heavy (non-hydrogen) atoms. The topological polar surface area (TPSA) is 42.5 Å². The van der Waals surface area contributed by atoms with Crippen LogP contribution in [-0.2, 0) is 0 Å². The molecule has 0 aliphatic rings. The molecule has 0 spiro atoms. The monoisotopic (exact) mass is 350 g/mol. The molecule has 4 nitrogen and oxygen atoms in total. The van der Waals surface area contributed by atoms with Crippen LogP contribution in [0.25, 0.3) is 0 Å². The van der Waals surface area contributed by atoms with Gasteiger partial charge in [0.2, 0.25) is 0 Å². The van der Waals surface area contributed by atoms with Crippen molar-refractivity contribution < 1.29 is 9.47 Å². The molecular weight excluding hydrogens is 332 g/mol. The summed E-state index contributed by atoms with van der Waals surface area (Å²) in [6.45, 7) is 2.03. The van der Waals surface area contributed by atoms with E-state index >= 15 is 0 Å². The number of thiocarbonyl (C=S) groups is 1. The summed E-state index contributed by atoms with van der Waals surface area (Å²) < 4.78 is 10.5. The number of ether oxygens (including phenoxy) is 2. The molecule has 0 radical (unpaired) electrons. The number of halogens is 1. The van der Waals surface area contributed by atoms with E-state index in [2.05, 4.69) is 10.6 Å². The van der Waals surface area contributed by atoms with Crippen LogP contribution in [-0.4, -0.2) is 19.3 Å². The number of methoxy groups -OCH3 is 2. The standard InChI is InChI=1S/C17H19ClN2O2S/c1-11(12-5-4-6-14(9-12)21-2)19-17(23)20-15-10-13(18)7-8-16(15)22-3/h4-11H,1-3H3,(H2,19,20,23). The highest BCUT2D eigenvalue weighted by atomic mass is 35.5. The Morgan fingerprint density at radius 1 is 1.13 bits per heavy atom. The zero-order valence-corrected chi connectivity index (χ0v) is 14.8. The molecule has 2 rings (SSSR count). The fourth-order valence-electron chi connectivity index (χ4n) is 2.13. The van der Waals surface area contributed by atoms with Crippen LogP contribution < -0.4 is 20.1 Å². The minimum Gasteiger partial charge on any atom is -0.497 e. The average molecular weight is 351 g/mol. The van der Waals surface area contributed by atoms with E-state index in [1.54, 1.807) is 32.4 Å². The van der Waals surface area contributed by atoms with Crippen LogP contribution >= 0.6 is 23.8 Å². The highest BCUT2D eigenvalue weighted by molar-refractivity contribution is 7.80. The summed E-state index contributed by atoms with van der Waals surface area (Å²) in [6.07, 6.45) is 0. The lowest BCUT2D eigenvalue weighted by Gasteiger charge is -2.19. The minimum absolute atomic E-state index is 0.0234. The van der Waals surface area contributed by atoms with Crippen molar-refractivity contribution in [1.29, 1.82) is 0 Å². The first-order valence-electron chi connectivity index (χ1n) is 7.08. The largest absolute Gasteiger partial charge is 0.497 e. The van der Waals surface area contributed by atoms with Crippen molar-refractivity contribution in [3.8, 4) is 11.5 Å². The maximum atomic E-state index is 6.02. The Morgan fingerprint density at radius 2 is 1.91 bits per heavy atom. The number of rotatable bonds is 5. The van der Waals surface area contributed by atoms with Gasteiger partial charge in [0, 0.05) is 5.02 Å². The first-order valence-corrected chi connectivity index (χ1v) is 7.87. The predicted molar refractivity (Wildman–Crippen MR) is 98.8 cm³/mol. The lowest BCUT2D eigenvalue weighted by Crippen LogP contribution is -2.31. The fraction of sp³-hybridized carbons (Fsp3) is 0.235. The van der Waals surface area contributed by atoms with Crippen LogP contribution in [0.1, 0.15) is 18.5 Å². The third-order valence-corrected chi connectivity index (χ3v) is 3.81. The van der Waals surface area contributed by atoms with Crippen molar-refractivity contribution >= 4 is 34.6 Å². The SMILES string of the molecule is COc1cccc(C(C)NC(=S)Nc2cc(Cl)ccc2OC)c1. The Bertz CT molecular complexity index is 694. The third-order valence-electron chi connectivity index (χ3n) is 3.35. The molecule has 122 valence electrons. The van der Waals surface area contributed by atoms with Gasteiger partial charge in [-0.05, 0) is 55.0 Å². The predicted octanol–water partition coefficient (Wildman–Crippen LogP) is 4.40. The summed E-state index contributed by atoms with van der Waals surface area (Å²) in [5, 5.41) is 7.44. The summed E-state index contributed by atoms with van der Waals surface area (Å²) in [5.41, 5.74) is 1.79. The Labute approximate surface area is 146 Å². The van der Waals surface area contributed by atoms with Crippen LogP contribution in [0, 0.1) is 0 Å². The first-order chi connectivity index (χ1) is 11.0. The zero-order chi connectivity index (χ0) is 16.8. The van der Waals surface area contributed by atoms with Gasteiger partial charge in [0.1, 0.15) is 11.5 Å². The highest BCUT2D eigenvalue weighted by Crippen LogP contribution is 2.27. The van der Waals surface area contributed by atoms with Crippen molar-refractivity contribution in [2.24, 2.45) is 0 Å². The molecule has 0 saturated carbocycles. The van der Waals surface area contributed by atoms with Gasteiger partial charge in [-0.15, -0.1) is 0 Å². The van der Waals surface area contributed by atoms with Crippen LogP contribution in [0.3, 0.4) is 0 Å². The van der Waals surface area contributed by atoms with E-state index in [4.69, 9.17) is 33.3 Å². The lowest BCUT2D eigenvalue weighted by atomic mass is 10.1. The fourth-order valence-corrected chi connectivity index (χ4v) is 2.59. The van der Waals surface area contributed by atoms with E-state index in [-0.39, 0.29) is 6.04 Å². The Morgan fingerprint density at radius 3 is 2.61 bits per heavy atom. The lowest BCUT2D eigenvalue weighted by molar-refractivity contribution is 0.413. The van der Waals surface area contributed by atoms with E-state index in [9.17, 15) is 0 Å². The van der Waals surface area contributed by atoms with Crippen molar-refractivity contribution in [1.82, 2.24) is 5.32 Å². The van der Waals surface area contributed by atoms with Gasteiger partial charge in [0.05, 0.1) is 25.9 Å². The zero-order valence-electron chi connectivity index (χ0n) is 13.2. The van der Waals surface area contributed by atoms with Crippen LogP contribution in [0.5, 0.6) is 11.5 Å². The number of anilines is 1. The van der Waals surface area contributed by atoms with Gasteiger partial charge in [0.15, 0.2) is 5.11 Å². The second-order valence-electron chi connectivity index (χ2n) is 4.94. The van der Waals surface area contributed by atoms with E-state index in [1.807, 2.05) is 31.2 Å². The Hall–Kier alpha value is -1.98. The first kappa shape index (κ1) is 17.4. The molecule has 0 aromatic heterocycles. The van der Waals surface area contributed by atoms with E-state index in [1.165, 1.54) is 0 Å². The van der Waals surface area contributed by atoms with Gasteiger partial charge in [-0.2, -0.15) is 0 Å². The summed E-state index contributed by atoms with van der Waals surface area (Å²) >= 11 is 11.4. The number of hydrogen-bond donors (Lipinski definition) is 2. The molecule has 2 aromatic rings. The number of benzene rings is 2. The molecule has 6 heteroatoms. The van der Waals surface area contributed by atoms with Gasteiger partial charge in [-0.1, -0.05) is 23.7 Å². The molecule has 1 atom stereocenters. The molecular formula is C17H19ClN2O2S. The minimum atomic E-state index is 0.0234. The summed E-state index contributed by atoms with van der Waals surface area (Å²) in [5.74, 6) is 1.49. The molecule has 0 heterocycles. The van der Waals surface area contributed by atoms with Crippen molar-refractivity contribution in [2.45, 2.75) is 13.0 Å². The van der Waals surface area contributed by atoms with Gasteiger partial charge in [-0.3, -0.25) is 0 Å². The summed E-state index contributed by atoms with van der Waals surface area (Å²) in [4.78, 5) is 0. The smallest absolute Gasteiger partial charge is 0.171 e. The highest BCUT2D eigenvalue weighted by Gasteiger charge is 2.10. The van der Waals surface area contributed by atoms with Crippen molar-refractivity contribution in [3.05, 3.63) is 53.1 Å². The maximum Gasteiger partial charge on any atom is 0.171 e. The van der Waals surface area contributed by atoms with Gasteiger partial charge < -0.3 is 20.1 Å². The number of nitrogens with one attached hydrogen (secondary N) is 2. The quantitative estimate of drug-likeness (QED) is 0.782. The third kappa shape index (κ3) is 4.74. The number of hydrogen-bond acceptors (Lipinski definition) is 3. The molecule has 0 saturated heterocycles. The van der Waals surface area contributed by atoms with Crippen molar-refractivity contribution in [2.75, 3.05) is 19.5 Å². The normalized spacial score (nSPS) is 11.5. The molecule has 0 aliphatic heterocycles. The molecule has 2 N–H and O–H groups in total. The molecule has 1 unspecified atom stereocenters. The second kappa shape index (κ2) is 8.04. The maximum absolute atomic E-state index is 6.02. The molecule has 0 amide bonds. The van der Waals surface area contributed by atoms with Gasteiger partial charge in [0.25, 0.3) is 0 Å². The Kier molecular flexibility index (Phi) is 6.07. The second-order valence-corrected chi connectivity index (χ2v) is 5.79. The summed E-state index contributed by atoms with van der Waals surface area (Å²) in [7, 11) is 3.25. The van der Waals surface area contributed by atoms with Crippen LogP contribution in [0.15, 0.2) is 42.5 Å². The van der Waals surface area contributed by atoms with Crippen molar-refractivity contribution in [3.63, 3.8) is 0 Å². The van der Waals surface area contributed by atoms with Gasteiger partial charge >= 0.3 is 0 Å². The molecule has 0 aliphatic carbocycles. The van der Waals surface area contributed by atoms with Crippen LogP contribution in [0.2, 0.25) is 5.02 Å². The van der Waals surface area contributed by atoms with Gasteiger partial charge in [-0.25, -0.2) is 0 Å².